The Balaban J connectivity index is 1.49. The normalized spacial score (nSPS) is 11.2. The van der Waals surface area contributed by atoms with Crippen LogP contribution in [0.5, 0.6) is 0 Å². The third kappa shape index (κ3) is 3.92. The van der Waals surface area contributed by atoms with E-state index < -0.39 is 0 Å². The van der Waals surface area contributed by atoms with Gasteiger partial charge in [0, 0.05) is 26.8 Å². The van der Waals surface area contributed by atoms with Crippen LogP contribution in [0.25, 0.3) is 59.9 Å². The maximum atomic E-state index is 5.08. The Labute approximate surface area is 225 Å². The molecule has 0 aliphatic rings. The first kappa shape index (κ1) is 22.4. The molecule has 0 unspecified atom stereocenters. The van der Waals surface area contributed by atoms with E-state index in [1.807, 2.05) is 36.4 Å². The first-order chi connectivity index (χ1) is 18.9. The van der Waals surface area contributed by atoms with Crippen molar-refractivity contribution in [2.45, 2.75) is 0 Å². The molecule has 7 aromatic rings. The predicted octanol–water partition coefficient (Wildman–Crippen LogP) is 9.15. The summed E-state index contributed by atoms with van der Waals surface area (Å²) >= 11 is 1.79. The van der Waals surface area contributed by atoms with E-state index in [0.717, 1.165) is 27.5 Å². The summed E-state index contributed by atoms with van der Waals surface area (Å²) in [5.74, 6) is 0. The van der Waals surface area contributed by atoms with Gasteiger partial charge in [-0.1, -0.05) is 127 Å². The van der Waals surface area contributed by atoms with Gasteiger partial charge in [0.05, 0.1) is 10.6 Å². The zero-order chi connectivity index (χ0) is 25.3. The molecule has 5 aromatic carbocycles. The van der Waals surface area contributed by atoms with Gasteiger partial charge in [-0.15, -0.1) is 21.5 Å². The van der Waals surface area contributed by atoms with Gasteiger partial charge in [-0.25, -0.2) is 0 Å². The number of benzene rings is 5. The van der Waals surface area contributed by atoms with E-state index in [2.05, 4.69) is 103 Å². The molecule has 180 valence electrons. The lowest BCUT2D eigenvalue weighted by molar-refractivity contribution is 0.756. The van der Waals surface area contributed by atoms with Crippen molar-refractivity contribution in [1.29, 1.82) is 0 Å². The number of para-hydroxylation sites is 1. The van der Waals surface area contributed by atoms with Crippen molar-refractivity contribution in [1.82, 2.24) is 15.0 Å². The molecule has 0 fully saturated rings. The first-order valence-corrected chi connectivity index (χ1v) is 13.4. The summed E-state index contributed by atoms with van der Waals surface area (Å²) in [5.41, 5.74) is 7.42. The largest absolute Gasteiger partial charge is 0.150 e. The molecule has 0 aliphatic carbocycles. The highest BCUT2D eigenvalue weighted by Crippen LogP contribution is 2.47. The fourth-order valence-electron chi connectivity index (χ4n) is 4.94. The molecule has 0 saturated carbocycles. The molecule has 0 amide bonds. The van der Waals surface area contributed by atoms with Crippen LogP contribution in [0.15, 0.2) is 140 Å². The molecule has 4 heteroatoms. The summed E-state index contributed by atoms with van der Waals surface area (Å²) in [4.78, 5) is 4.12. The smallest absolute Gasteiger partial charge is 0.132 e. The quantitative estimate of drug-likeness (QED) is 0.233. The molecule has 2 heterocycles. The predicted molar refractivity (Wildman–Crippen MR) is 158 cm³/mol. The number of aromatic nitrogens is 3. The fourth-order valence-corrected chi connectivity index (χ4v) is 6.25. The average molecular weight is 506 g/mol. The van der Waals surface area contributed by atoms with E-state index in [1.165, 1.54) is 32.3 Å². The third-order valence-corrected chi connectivity index (χ3v) is 8.00. The van der Waals surface area contributed by atoms with E-state index in [0.29, 0.717) is 0 Å². The molecule has 2 aromatic heterocycles. The number of nitrogens with zero attached hydrogens (tertiary/aromatic N) is 3. The second-order valence-corrected chi connectivity index (χ2v) is 10.1. The van der Waals surface area contributed by atoms with Gasteiger partial charge >= 0.3 is 0 Å². The van der Waals surface area contributed by atoms with Crippen molar-refractivity contribution in [3.8, 4) is 49.1 Å². The maximum absolute atomic E-state index is 5.08. The van der Waals surface area contributed by atoms with Crippen LogP contribution in [0.1, 0.15) is 0 Å². The molecule has 38 heavy (non-hydrogen) atoms. The minimum atomic E-state index is 0.879. The maximum Gasteiger partial charge on any atom is 0.132 e. The molecule has 0 atom stereocenters. The van der Waals surface area contributed by atoms with Gasteiger partial charge in [-0.2, -0.15) is 4.80 Å². The van der Waals surface area contributed by atoms with Crippen LogP contribution in [0.3, 0.4) is 0 Å². The van der Waals surface area contributed by atoms with Crippen molar-refractivity contribution >= 4 is 22.1 Å². The van der Waals surface area contributed by atoms with E-state index in [9.17, 15) is 0 Å². The highest BCUT2D eigenvalue weighted by molar-refractivity contribution is 7.21. The van der Waals surface area contributed by atoms with Crippen LogP contribution in [-0.2, 0) is 0 Å². The highest BCUT2D eigenvalue weighted by atomic mass is 32.1. The minimum Gasteiger partial charge on any atom is -0.150 e. The van der Waals surface area contributed by atoms with Gasteiger partial charge in [0.25, 0.3) is 0 Å². The number of hydrogen-bond acceptors (Lipinski definition) is 3. The molecule has 0 radical (unpaired) electrons. The summed E-state index contributed by atoms with van der Waals surface area (Å²) in [7, 11) is 0. The zero-order valence-electron chi connectivity index (χ0n) is 20.5. The molecule has 0 saturated heterocycles. The topological polar surface area (TPSA) is 30.7 Å². The summed E-state index contributed by atoms with van der Waals surface area (Å²) in [5, 5.41) is 12.5. The van der Waals surface area contributed by atoms with Gasteiger partial charge in [-0.3, -0.25) is 0 Å². The molecular weight excluding hydrogens is 482 g/mol. The Bertz CT molecular complexity index is 1850. The summed E-state index contributed by atoms with van der Waals surface area (Å²) < 4.78 is 0. The zero-order valence-corrected chi connectivity index (χ0v) is 21.3. The number of rotatable bonds is 5. The second-order valence-electron chi connectivity index (χ2n) is 9.11. The third-order valence-electron chi connectivity index (χ3n) is 6.74. The fraction of sp³-hybridized carbons (Fsp3) is 0. The Morgan fingerprint density at radius 1 is 0.421 bits per heavy atom. The lowest BCUT2D eigenvalue weighted by Crippen LogP contribution is -1.98. The van der Waals surface area contributed by atoms with E-state index in [1.54, 1.807) is 16.1 Å². The van der Waals surface area contributed by atoms with Crippen LogP contribution < -0.4 is 0 Å². The van der Waals surface area contributed by atoms with Crippen LogP contribution in [-0.4, -0.2) is 15.0 Å². The average Bonchev–Trinajstić information content (AvgIpc) is 3.61. The van der Waals surface area contributed by atoms with Gasteiger partial charge < -0.3 is 0 Å². The van der Waals surface area contributed by atoms with Crippen LogP contribution >= 0.6 is 11.3 Å². The lowest BCUT2D eigenvalue weighted by atomic mass is 9.97. The van der Waals surface area contributed by atoms with Crippen molar-refractivity contribution in [2.75, 3.05) is 0 Å². The molecule has 0 N–H and O–H groups in total. The lowest BCUT2D eigenvalue weighted by Gasteiger charge is -2.09. The van der Waals surface area contributed by atoms with Crippen molar-refractivity contribution in [3.63, 3.8) is 0 Å². The van der Waals surface area contributed by atoms with Crippen LogP contribution in [0, 0.1) is 0 Å². The van der Waals surface area contributed by atoms with Crippen molar-refractivity contribution in [2.24, 2.45) is 0 Å². The van der Waals surface area contributed by atoms with Crippen LogP contribution in [0.4, 0.5) is 0 Å². The van der Waals surface area contributed by atoms with E-state index in [-0.39, 0.29) is 0 Å². The van der Waals surface area contributed by atoms with Gasteiger partial charge in [0.2, 0.25) is 0 Å². The van der Waals surface area contributed by atoms with E-state index in [4.69, 9.17) is 10.2 Å². The summed E-state index contributed by atoms with van der Waals surface area (Å²) in [6.45, 7) is 0. The molecule has 0 bridgehead atoms. The summed E-state index contributed by atoms with van der Waals surface area (Å²) in [6, 6.07) is 48.4. The summed E-state index contributed by atoms with van der Waals surface area (Å²) in [6.07, 6.45) is 0. The Kier molecular flexibility index (Phi) is 5.65. The van der Waals surface area contributed by atoms with Crippen LogP contribution in [0.2, 0.25) is 0 Å². The number of thiophene rings is 1. The molecular formula is C34H23N3S. The minimum absolute atomic E-state index is 0.879. The molecule has 3 nitrogen and oxygen atoms in total. The van der Waals surface area contributed by atoms with Gasteiger partial charge in [-0.05, 0) is 23.3 Å². The first-order valence-electron chi connectivity index (χ1n) is 12.6. The molecule has 0 aliphatic heterocycles. The SMILES string of the molecule is c1ccc(-c2ccccc2-c2sc(-c3nn(-c4ccccc4)nc3-c3ccccc3)c3ccccc23)cc1. The Morgan fingerprint density at radius 3 is 1.61 bits per heavy atom. The molecule has 7 rings (SSSR count). The standard InChI is InChI=1S/C34H23N3S/c1-4-14-24(15-5-1)27-20-10-11-21-28(27)33-29-22-12-13-23-30(29)34(38-33)32-31(25-16-6-2-7-17-25)35-37(36-32)26-18-8-3-9-19-26/h1-23H. The number of fused-ring (bicyclic) bond motifs is 1. The van der Waals surface area contributed by atoms with Gasteiger partial charge in [0.15, 0.2) is 0 Å². The Morgan fingerprint density at radius 2 is 0.921 bits per heavy atom. The van der Waals surface area contributed by atoms with Gasteiger partial charge in [0.1, 0.15) is 11.4 Å². The highest BCUT2D eigenvalue weighted by Gasteiger charge is 2.23. The van der Waals surface area contributed by atoms with Crippen molar-refractivity contribution in [3.05, 3.63) is 140 Å². The monoisotopic (exact) mass is 505 g/mol. The second kappa shape index (κ2) is 9.58. The van der Waals surface area contributed by atoms with Crippen molar-refractivity contribution < 1.29 is 0 Å². The number of hydrogen-bond donors (Lipinski definition) is 0. The molecule has 0 spiro atoms. The van der Waals surface area contributed by atoms with E-state index >= 15 is 0 Å². The Hall–Kier alpha value is -4.80.